The van der Waals surface area contributed by atoms with Crippen molar-refractivity contribution in [3.63, 3.8) is 0 Å². The van der Waals surface area contributed by atoms with E-state index >= 15 is 0 Å². The third kappa shape index (κ3) is 11.3. The van der Waals surface area contributed by atoms with Crippen molar-refractivity contribution in [2.75, 3.05) is 13.1 Å². The van der Waals surface area contributed by atoms with Crippen LogP contribution in [0.3, 0.4) is 0 Å². The first-order valence-electron chi connectivity index (χ1n) is 13.7. The Kier molecular flexibility index (Phi) is 13.1. The molecule has 0 spiro atoms. The number of urea groups is 1. The summed E-state index contributed by atoms with van der Waals surface area (Å²) in [6.45, 7) is 4.27. The number of rotatable bonds is 14. The Labute approximate surface area is 244 Å². The highest BCUT2D eigenvalue weighted by molar-refractivity contribution is 5.93. The fourth-order valence-electron chi connectivity index (χ4n) is 4.25. The highest BCUT2D eigenvalue weighted by Gasteiger charge is 2.30. The molecule has 12 N–H and O–H groups in total. The van der Waals surface area contributed by atoms with Crippen LogP contribution in [0, 0.1) is 11.3 Å². The van der Waals surface area contributed by atoms with Gasteiger partial charge in [-0.05, 0) is 37.2 Å². The van der Waals surface area contributed by atoms with Crippen LogP contribution >= 0.6 is 0 Å². The van der Waals surface area contributed by atoms with Gasteiger partial charge in [-0.25, -0.2) is 9.59 Å². The highest BCUT2D eigenvalue weighted by atomic mass is 16.4. The van der Waals surface area contributed by atoms with Crippen molar-refractivity contribution in [1.29, 1.82) is 5.41 Å². The van der Waals surface area contributed by atoms with Crippen LogP contribution in [0.25, 0.3) is 0 Å². The van der Waals surface area contributed by atoms with Crippen molar-refractivity contribution in [2.45, 2.75) is 64.1 Å². The van der Waals surface area contributed by atoms with Crippen LogP contribution in [0.5, 0.6) is 0 Å². The summed E-state index contributed by atoms with van der Waals surface area (Å²) in [4.78, 5) is 56.6. The van der Waals surface area contributed by atoms with E-state index in [9.17, 15) is 24.3 Å². The second kappa shape index (κ2) is 16.4. The van der Waals surface area contributed by atoms with E-state index in [1.54, 1.807) is 50.4 Å². The Morgan fingerprint density at radius 1 is 1.02 bits per heavy atom. The zero-order chi connectivity index (χ0) is 31.2. The summed E-state index contributed by atoms with van der Waals surface area (Å²) in [7, 11) is 0. The molecule has 1 aliphatic heterocycles. The van der Waals surface area contributed by atoms with Gasteiger partial charge in [0.25, 0.3) is 0 Å². The van der Waals surface area contributed by atoms with E-state index in [0.717, 1.165) is 0 Å². The molecule has 3 atom stereocenters. The lowest BCUT2D eigenvalue weighted by Gasteiger charge is -2.28. The third-order valence-corrected chi connectivity index (χ3v) is 6.45. The largest absolute Gasteiger partial charge is 0.480 e. The maximum Gasteiger partial charge on any atom is 0.326 e. The standard InChI is InChI=1S/C27H42N10O5/c1-16(2)21(23(39)33-18-10-7-13-37(15-18)26(30)31)36-22(38)19(11-6-12-32-25(28)29)34-27(42)35-20(24(40)41)14-17-8-4-3-5-9-17/h3-5,8-9,15-16,19-21H,6-7,10-14H2,1-2H3,(H3,30,31)(H,33,39)(H,36,38)(H,40,41)(H4,28,29,32)(H2,34,35,42). The molecular weight excluding hydrogens is 544 g/mol. The smallest absolute Gasteiger partial charge is 0.326 e. The van der Waals surface area contributed by atoms with Crippen molar-refractivity contribution in [3.8, 4) is 0 Å². The number of carboxylic acid groups (broad SMARTS) is 1. The lowest BCUT2D eigenvalue weighted by Crippen LogP contribution is -2.57. The normalized spacial score (nSPS) is 14.9. The summed E-state index contributed by atoms with van der Waals surface area (Å²) in [6, 6.07) is 4.62. The van der Waals surface area contributed by atoms with Crippen molar-refractivity contribution < 1.29 is 24.3 Å². The number of guanidine groups is 2. The molecule has 1 aromatic rings. The van der Waals surface area contributed by atoms with Gasteiger partial charge in [0.15, 0.2) is 11.9 Å². The molecule has 15 heteroatoms. The number of carbonyl (C=O) groups excluding carboxylic acids is 3. The van der Waals surface area contributed by atoms with Crippen molar-refractivity contribution in [1.82, 2.24) is 26.2 Å². The third-order valence-electron chi connectivity index (χ3n) is 6.45. The molecule has 0 bridgehead atoms. The lowest BCUT2D eigenvalue weighted by atomic mass is 10.0. The van der Waals surface area contributed by atoms with Gasteiger partial charge in [-0.2, -0.15) is 0 Å². The minimum atomic E-state index is -1.25. The molecule has 42 heavy (non-hydrogen) atoms. The molecule has 1 heterocycles. The van der Waals surface area contributed by atoms with Crippen LogP contribution < -0.4 is 38.5 Å². The van der Waals surface area contributed by atoms with E-state index < -0.39 is 41.9 Å². The van der Waals surface area contributed by atoms with E-state index in [2.05, 4.69) is 26.3 Å². The molecule has 1 aliphatic rings. The fraction of sp³-hybridized carbons (Fsp3) is 0.481. The van der Waals surface area contributed by atoms with Crippen molar-refractivity contribution in [2.24, 2.45) is 28.1 Å². The van der Waals surface area contributed by atoms with Crippen LogP contribution in [-0.4, -0.2) is 77.0 Å². The van der Waals surface area contributed by atoms with Crippen LogP contribution in [0.1, 0.15) is 45.1 Å². The first-order valence-corrected chi connectivity index (χ1v) is 13.7. The average Bonchev–Trinajstić information content (AvgIpc) is 2.93. The maximum atomic E-state index is 13.4. The van der Waals surface area contributed by atoms with Crippen LogP contribution in [0.2, 0.25) is 0 Å². The van der Waals surface area contributed by atoms with Gasteiger partial charge in [0, 0.05) is 31.4 Å². The summed E-state index contributed by atoms with van der Waals surface area (Å²) in [5, 5.41) is 27.7. The molecule has 15 nitrogen and oxygen atoms in total. The molecule has 4 amide bonds. The monoisotopic (exact) mass is 586 g/mol. The Morgan fingerprint density at radius 3 is 2.29 bits per heavy atom. The number of benzene rings is 1. The predicted molar refractivity (Wildman–Crippen MR) is 158 cm³/mol. The number of allylic oxidation sites excluding steroid dienone is 1. The van der Waals surface area contributed by atoms with Gasteiger partial charge in [0.1, 0.15) is 18.1 Å². The lowest BCUT2D eigenvalue weighted by molar-refractivity contribution is -0.139. The molecular formula is C27H42N10O5. The first-order chi connectivity index (χ1) is 19.9. The van der Waals surface area contributed by atoms with Crippen LogP contribution in [-0.2, 0) is 20.8 Å². The molecule has 0 saturated carbocycles. The fourth-order valence-corrected chi connectivity index (χ4v) is 4.25. The second-order valence-electron chi connectivity index (χ2n) is 10.3. The number of nitrogens with one attached hydrogen (secondary N) is 5. The van der Waals surface area contributed by atoms with Crippen molar-refractivity contribution >= 4 is 35.7 Å². The zero-order valence-corrected chi connectivity index (χ0v) is 23.9. The minimum Gasteiger partial charge on any atom is -0.480 e. The summed E-state index contributed by atoms with van der Waals surface area (Å²) < 4.78 is 0. The Morgan fingerprint density at radius 2 is 1.69 bits per heavy atom. The average molecular weight is 587 g/mol. The van der Waals surface area contributed by atoms with Crippen LogP contribution in [0.15, 0.2) is 47.2 Å². The summed E-state index contributed by atoms with van der Waals surface area (Å²) >= 11 is 0. The quantitative estimate of drug-likeness (QED) is 0.0772. The van der Waals surface area contributed by atoms with Gasteiger partial charge in [0.05, 0.1) is 0 Å². The van der Waals surface area contributed by atoms with Gasteiger partial charge in [-0.1, -0.05) is 44.2 Å². The van der Waals surface area contributed by atoms with Gasteiger partial charge in [0.2, 0.25) is 11.8 Å². The topological polar surface area (TPSA) is 254 Å². The molecule has 0 aliphatic carbocycles. The van der Waals surface area contributed by atoms with Gasteiger partial charge in [-0.15, -0.1) is 0 Å². The van der Waals surface area contributed by atoms with E-state index in [0.29, 0.717) is 37.1 Å². The summed E-state index contributed by atoms with van der Waals surface area (Å²) in [6.07, 6.45) is 3.31. The number of nitrogens with zero attached hydrogens (tertiary/aromatic N) is 2. The molecule has 0 saturated heterocycles. The van der Waals surface area contributed by atoms with E-state index in [4.69, 9.17) is 22.6 Å². The molecule has 2 rings (SSSR count). The molecule has 0 fully saturated rings. The Hall–Kier alpha value is -4.82. The van der Waals surface area contributed by atoms with E-state index in [1.807, 2.05) is 0 Å². The SMILES string of the molecule is CC(C)C(NC(=O)C(CCCN=C(N)N)NC(=O)NC(Cc1ccccc1)C(=O)O)C(=O)NC1=CN(C(=N)N)CCC1. The Balaban J connectivity index is 2.13. The second-order valence-corrected chi connectivity index (χ2v) is 10.3. The first kappa shape index (κ1) is 33.4. The maximum absolute atomic E-state index is 13.4. The molecule has 1 aromatic carbocycles. The van der Waals surface area contributed by atoms with Crippen molar-refractivity contribution in [3.05, 3.63) is 47.8 Å². The van der Waals surface area contributed by atoms with Gasteiger partial charge in [-0.3, -0.25) is 20.0 Å². The number of amides is 4. The summed E-state index contributed by atoms with van der Waals surface area (Å²) in [5.41, 5.74) is 17.6. The summed E-state index contributed by atoms with van der Waals surface area (Å²) in [5.74, 6) is -2.92. The molecule has 0 aromatic heterocycles. The van der Waals surface area contributed by atoms with E-state index in [1.165, 1.54) is 4.90 Å². The minimum absolute atomic E-state index is 0.0391. The number of nitrogens with two attached hydrogens (primary N) is 3. The number of carbonyl (C=O) groups is 4. The number of carboxylic acids is 1. The Bertz CT molecular complexity index is 1170. The number of aliphatic carboxylic acids is 1. The molecule has 3 unspecified atom stereocenters. The predicted octanol–water partition coefficient (Wildman–Crippen LogP) is -0.509. The van der Waals surface area contributed by atoms with E-state index in [-0.39, 0.29) is 37.2 Å². The number of aliphatic imine (C=N–C) groups is 1. The van der Waals surface area contributed by atoms with Gasteiger partial charge >= 0.3 is 12.0 Å². The molecule has 0 radical (unpaired) electrons. The molecule has 230 valence electrons. The highest BCUT2D eigenvalue weighted by Crippen LogP contribution is 2.13. The zero-order valence-electron chi connectivity index (χ0n) is 23.9. The number of hydrogen-bond donors (Lipinski definition) is 9. The van der Waals surface area contributed by atoms with Gasteiger partial charge < -0.3 is 48.5 Å². The van der Waals surface area contributed by atoms with Crippen LogP contribution in [0.4, 0.5) is 4.79 Å². The number of hydrogen-bond acceptors (Lipinski definition) is 6.